The molecule has 0 saturated heterocycles. The van der Waals surface area contributed by atoms with Crippen LogP contribution < -0.4 is 9.47 Å². The number of benzene rings is 2. The molecule has 0 aliphatic rings. The van der Waals surface area contributed by atoms with E-state index in [4.69, 9.17) is 18.9 Å². The highest BCUT2D eigenvalue weighted by atomic mass is 35.5. The zero-order chi connectivity index (χ0) is 25.8. The van der Waals surface area contributed by atoms with Crippen LogP contribution in [0.25, 0.3) is 11.5 Å². The minimum Gasteiger partial charge on any atom is -0.496 e. The van der Waals surface area contributed by atoms with Crippen molar-refractivity contribution in [3.05, 3.63) is 65.0 Å². The van der Waals surface area contributed by atoms with Crippen molar-refractivity contribution in [2.24, 2.45) is 0 Å². The molecule has 0 saturated carbocycles. The zero-order valence-electron chi connectivity index (χ0n) is 23.4. The lowest BCUT2D eigenvalue weighted by atomic mass is 9.78. The van der Waals surface area contributed by atoms with Crippen LogP contribution in [-0.2, 0) is 23.8 Å². The summed E-state index contributed by atoms with van der Waals surface area (Å²) in [7, 11) is 3.87. The second kappa shape index (κ2) is 12.2. The monoisotopic (exact) mass is 514 g/mol. The third-order valence-electron chi connectivity index (χ3n) is 6.28. The van der Waals surface area contributed by atoms with E-state index in [-0.39, 0.29) is 23.2 Å². The Bertz CT molecular complexity index is 1090. The molecule has 2 aromatic carbocycles. The fourth-order valence-corrected chi connectivity index (χ4v) is 4.08. The molecule has 1 heterocycles. The van der Waals surface area contributed by atoms with Crippen LogP contribution >= 0.6 is 12.4 Å². The molecule has 0 radical (unpaired) electrons. The molecule has 0 aliphatic carbocycles. The Kier molecular flexibility index (Phi) is 10.0. The minimum atomic E-state index is -0.0795. The Balaban J connectivity index is 0.00000456. The lowest BCUT2D eigenvalue weighted by Gasteiger charge is -2.29. The van der Waals surface area contributed by atoms with Gasteiger partial charge in [0.2, 0.25) is 5.89 Å². The summed E-state index contributed by atoms with van der Waals surface area (Å²) in [6.45, 7) is 17.8. The Labute approximate surface area is 223 Å². The molecule has 3 aromatic rings. The third kappa shape index (κ3) is 7.27. The number of methoxy groups -OCH3 is 1. The third-order valence-corrected chi connectivity index (χ3v) is 6.28. The van der Waals surface area contributed by atoms with Gasteiger partial charge >= 0.3 is 0 Å². The highest BCUT2D eigenvalue weighted by Gasteiger charge is 2.28. The maximum atomic E-state index is 6.13. The molecule has 3 rings (SSSR count). The molecule has 0 spiro atoms. The van der Waals surface area contributed by atoms with Gasteiger partial charge in [0.25, 0.3) is 0 Å². The van der Waals surface area contributed by atoms with Gasteiger partial charge in [-0.3, -0.25) is 0 Å². The molecular weight excluding hydrogens is 472 g/mol. The second-order valence-electron chi connectivity index (χ2n) is 11.3. The minimum absolute atomic E-state index is 0. The van der Waals surface area contributed by atoms with Crippen LogP contribution in [-0.4, -0.2) is 37.2 Å². The fourth-order valence-electron chi connectivity index (χ4n) is 4.08. The number of aromatic nitrogens is 1. The van der Waals surface area contributed by atoms with Crippen molar-refractivity contribution in [1.29, 1.82) is 0 Å². The van der Waals surface area contributed by atoms with Gasteiger partial charge in [-0.2, -0.15) is 0 Å². The molecule has 0 fully saturated rings. The second-order valence-corrected chi connectivity index (χ2v) is 11.3. The molecule has 0 unspecified atom stereocenters. The number of ether oxygens (including phenoxy) is 2. The summed E-state index contributed by atoms with van der Waals surface area (Å²) in [5.41, 5.74) is 5.20. The lowest BCUT2D eigenvalue weighted by molar-refractivity contribution is 0.300. The van der Waals surface area contributed by atoms with Gasteiger partial charge < -0.3 is 18.8 Å². The van der Waals surface area contributed by atoms with Gasteiger partial charge in [-0.1, -0.05) is 66.7 Å². The Morgan fingerprint density at radius 3 is 2.14 bits per heavy atom. The topological polar surface area (TPSA) is 47.7 Å². The van der Waals surface area contributed by atoms with Gasteiger partial charge in [-0.15, -0.1) is 12.4 Å². The van der Waals surface area contributed by atoms with Crippen molar-refractivity contribution in [2.75, 3.05) is 27.3 Å². The van der Waals surface area contributed by atoms with Crippen molar-refractivity contribution < 1.29 is 13.9 Å². The first-order chi connectivity index (χ1) is 16.4. The van der Waals surface area contributed by atoms with E-state index in [0.29, 0.717) is 18.9 Å². The van der Waals surface area contributed by atoms with Crippen molar-refractivity contribution in [3.63, 3.8) is 0 Å². The van der Waals surface area contributed by atoms with Crippen molar-refractivity contribution in [3.8, 4) is 23.0 Å². The molecular formula is C30H43ClN2O3. The van der Waals surface area contributed by atoms with E-state index in [1.54, 1.807) is 13.4 Å². The summed E-state index contributed by atoms with van der Waals surface area (Å²) in [6, 6.07) is 12.5. The first kappa shape index (κ1) is 29.7. The SMILES string of the molecule is CCN(C)Cc1ccccc1OCCc1coc(-c2cc(C(C)(C)C)c(OC)c(C(C)(C)C)c2)n1.Cl. The van der Waals surface area contributed by atoms with Crippen LogP contribution in [0.3, 0.4) is 0 Å². The van der Waals surface area contributed by atoms with Gasteiger partial charge in [-0.25, -0.2) is 4.98 Å². The maximum Gasteiger partial charge on any atom is 0.226 e. The van der Waals surface area contributed by atoms with Crippen molar-refractivity contribution in [1.82, 2.24) is 9.88 Å². The van der Waals surface area contributed by atoms with E-state index in [1.165, 1.54) is 5.56 Å². The number of rotatable bonds is 9. The van der Waals surface area contributed by atoms with Gasteiger partial charge in [0.1, 0.15) is 17.8 Å². The van der Waals surface area contributed by atoms with Crippen molar-refractivity contribution in [2.45, 2.75) is 72.3 Å². The summed E-state index contributed by atoms with van der Waals surface area (Å²) in [5.74, 6) is 2.50. The first-order valence-electron chi connectivity index (χ1n) is 12.5. The molecule has 0 aliphatic heterocycles. The summed E-state index contributed by atoms with van der Waals surface area (Å²) in [6.07, 6.45) is 2.42. The highest BCUT2D eigenvalue weighted by Crippen LogP contribution is 2.42. The van der Waals surface area contributed by atoms with Gasteiger partial charge in [-0.05, 0) is 42.6 Å². The number of halogens is 1. The predicted molar refractivity (Wildman–Crippen MR) is 151 cm³/mol. The standard InChI is InChI=1S/C30H42N2O3.ClH/c1-10-32(8)19-21-13-11-12-14-26(21)34-16-15-23-20-35-28(31-23)22-17-24(29(2,3)4)27(33-9)25(18-22)30(5,6)7;/h11-14,17-18,20H,10,15-16,19H2,1-9H3;1H. The molecule has 0 atom stereocenters. The summed E-state index contributed by atoms with van der Waals surface area (Å²) >= 11 is 0. The van der Waals surface area contributed by atoms with E-state index in [9.17, 15) is 0 Å². The Morgan fingerprint density at radius 1 is 0.972 bits per heavy atom. The number of hydrogen-bond donors (Lipinski definition) is 0. The van der Waals surface area contributed by atoms with Crippen molar-refractivity contribution >= 4 is 12.4 Å². The van der Waals surface area contributed by atoms with Gasteiger partial charge in [0, 0.05) is 35.2 Å². The Hall–Kier alpha value is -2.50. The number of oxazole rings is 1. The number of nitrogens with zero attached hydrogens (tertiary/aromatic N) is 2. The van der Waals surface area contributed by atoms with Gasteiger partial charge in [0.15, 0.2) is 0 Å². The predicted octanol–water partition coefficient (Wildman–Crippen LogP) is 7.44. The zero-order valence-corrected chi connectivity index (χ0v) is 24.2. The molecule has 0 amide bonds. The van der Waals surface area contributed by atoms with E-state index in [1.807, 2.05) is 12.1 Å². The number of para-hydroxylation sites is 1. The van der Waals surface area contributed by atoms with Gasteiger partial charge in [0.05, 0.1) is 19.4 Å². The highest BCUT2D eigenvalue weighted by molar-refractivity contribution is 5.85. The lowest BCUT2D eigenvalue weighted by Crippen LogP contribution is -2.19. The quantitative estimate of drug-likeness (QED) is 0.297. The largest absolute Gasteiger partial charge is 0.496 e. The summed E-state index contributed by atoms with van der Waals surface area (Å²) in [4.78, 5) is 7.06. The van der Waals surface area contributed by atoms with Crippen LogP contribution in [0.5, 0.6) is 11.5 Å². The molecule has 1 aromatic heterocycles. The fraction of sp³-hybridized carbons (Fsp3) is 0.500. The molecule has 6 heteroatoms. The normalized spacial score (nSPS) is 11.9. The average Bonchev–Trinajstić information content (AvgIpc) is 3.27. The van der Waals surface area contributed by atoms with E-state index >= 15 is 0 Å². The van der Waals surface area contributed by atoms with Crippen LogP contribution in [0.2, 0.25) is 0 Å². The summed E-state index contributed by atoms with van der Waals surface area (Å²) < 4.78 is 18.0. The van der Waals surface area contributed by atoms with Crippen LogP contribution in [0, 0.1) is 0 Å². The van der Waals surface area contributed by atoms with Crippen LogP contribution in [0.1, 0.15) is 70.9 Å². The molecule has 5 nitrogen and oxygen atoms in total. The van der Waals surface area contributed by atoms with Crippen LogP contribution in [0.4, 0.5) is 0 Å². The maximum absolute atomic E-state index is 6.13. The van der Waals surface area contributed by atoms with E-state index in [2.05, 4.69) is 84.7 Å². The van der Waals surface area contributed by atoms with Crippen LogP contribution in [0.15, 0.2) is 47.1 Å². The first-order valence-corrected chi connectivity index (χ1v) is 12.5. The Morgan fingerprint density at radius 2 is 1.58 bits per heavy atom. The summed E-state index contributed by atoms with van der Waals surface area (Å²) in [5, 5.41) is 0. The molecule has 0 bridgehead atoms. The molecule has 198 valence electrons. The average molecular weight is 515 g/mol. The smallest absolute Gasteiger partial charge is 0.226 e. The number of hydrogen-bond acceptors (Lipinski definition) is 5. The van der Waals surface area contributed by atoms with E-state index in [0.717, 1.165) is 47.0 Å². The molecule has 0 N–H and O–H groups in total. The molecule has 36 heavy (non-hydrogen) atoms. The van der Waals surface area contributed by atoms with E-state index < -0.39 is 0 Å².